The van der Waals surface area contributed by atoms with Gasteiger partial charge in [0.1, 0.15) is 0 Å². The van der Waals surface area contributed by atoms with E-state index in [4.69, 9.17) is 16.3 Å². The molecule has 0 unspecified atom stereocenters. The fraction of sp³-hybridized carbons (Fsp3) is 0.222. The summed E-state index contributed by atoms with van der Waals surface area (Å²) in [7, 11) is 0. The van der Waals surface area contributed by atoms with E-state index in [1.165, 1.54) is 34.9 Å². The summed E-state index contributed by atoms with van der Waals surface area (Å²) in [6, 6.07) is 12.9. The van der Waals surface area contributed by atoms with Crippen LogP contribution in [0.5, 0.6) is 5.75 Å². The number of aliphatic imine (C=N–C) groups is 1. The fourth-order valence-electron chi connectivity index (χ4n) is 2.47. The highest BCUT2D eigenvalue weighted by Gasteiger charge is 2.27. The van der Waals surface area contributed by atoms with Crippen molar-refractivity contribution in [1.82, 2.24) is 0 Å². The summed E-state index contributed by atoms with van der Waals surface area (Å²) in [5.41, 5.74) is 0.417. The van der Waals surface area contributed by atoms with E-state index in [1.54, 1.807) is 30.3 Å². The predicted molar refractivity (Wildman–Crippen MR) is 107 cm³/mol. The lowest BCUT2D eigenvalue weighted by Crippen LogP contribution is -2.38. The maximum absolute atomic E-state index is 12.9. The molecule has 0 N–H and O–H groups in total. The highest BCUT2D eigenvalue weighted by molar-refractivity contribution is 8.14. The van der Waals surface area contributed by atoms with Crippen LogP contribution in [0.3, 0.4) is 0 Å². The zero-order valence-corrected chi connectivity index (χ0v) is 15.9. The molecule has 140 valence electrons. The molecule has 0 bridgehead atoms. The monoisotopic (exact) mass is 405 g/mol. The molecule has 0 saturated carbocycles. The van der Waals surface area contributed by atoms with Crippen molar-refractivity contribution in [1.29, 1.82) is 0 Å². The standard InChI is InChI=1S/C18H16ClN3O4S/c1-12-11-27-18(20-12)21(14-8-6-13(19)7-9-14)17(23)10-26-16-5-3-2-4-15(16)22(24)25/h2-9,12H,10-11H2,1H3/t12-/m0/s1. The minimum absolute atomic E-state index is 0.0429. The summed E-state index contributed by atoms with van der Waals surface area (Å²) < 4.78 is 5.45. The average molecular weight is 406 g/mol. The Morgan fingerprint density at radius 2 is 2.04 bits per heavy atom. The topological polar surface area (TPSA) is 85.0 Å². The summed E-state index contributed by atoms with van der Waals surface area (Å²) in [4.78, 5) is 29.4. The molecule has 2 aromatic carbocycles. The number of amidine groups is 1. The molecule has 1 amide bonds. The number of nitro benzene ring substituents is 1. The highest BCUT2D eigenvalue weighted by Crippen LogP contribution is 2.28. The molecule has 1 heterocycles. The number of nitro groups is 1. The molecule has 0 aliphatic carbocycles. The molecule has 3 rings (SSSR count). The van der Waals surface area contributed by atoms with E-state index in [9.17, 15) is 14.9 Å². The molecular formula is C18H16ClN3O4S. The number of benzene rings is 2. The number of hydrogen-bond donors (Lipinski definition) is 0. The number of halogens is 1. The number of thioether (sulfide) groups is 1. The number of carbonyl (C=O) groups excluding carboxylic acids is 1. The van der Waals surface area contributed by atoms with E-state index in [0.717, 1.165) is 5.75 Å². The molecule has 1 aliphatic rings. The van der Waals surface area contributed by atoms with Crippen molar-refractivity contribution in [2.45, 2.75) is 13.0 Å². The molecule has 2 aromatic rings. The van der Waals surface area contributed by atoms with Gasteiger partial charge < -0.3 is 4.74 Å². The van der Waals surface area contributed by atoms with E-state index in [0.29, 0.717) is 15.9 Å². The van der Waals surface area contributed by atoms with Crippen molar-refractivity contribution in [3.05, 3.63) is 63.7 Å². The Balaban J connectivity index is 1.83. The molecule has 9 heteroatoms. The van der Waals surface area contributed by atoms with E-state index in [-0.39, 0.29) is 30.0 Å². The first-order chi connectivity index (χ1) is 13.0. The Morgan fingerprint density at radius 3 is 2.67 bits per heavy atom. The van der Waals surface area contributed by atoms with Crippen LogP contribution in [0.1, 0.15) is 6.92 Å². The summed E-state index contributed by atoms with van der Waals surface area (Å²) >= 11 is 7.41. The first-order valence-electron chi connectivity index (χ1n) is 8.11. The number of amides is 1. The second kappa shape index (κ2) is 8.41. The third-order valence-electron chi connectivity index (χ3n) is 3.72. The van der Waals surface area contributed by atoms with Crippen molar-refractivity contribution in [2.75, 3.05) is 17.3 Å². The summed E-state index contributed by atoms with van der Waals surface area (Å²) in [5.74, 6) is 0.440. The molecule has 0 aromatic heterocycles. The largest absolute Gasteiger partial charge is 0.477 e. The van der Waals surface area contributed by atoms with Crippen LogP contribution in [-0.2, 0) is 4.79 Å². The van der Waals surface area contributed by atoms with E-state index in [1.807, 2.05) is 6.92 Å². The number of para-hydroxylation sites is 2. The van der Waals surface area contributed by atoms with Gasteiger partial charge in [-0.05, 0) is 37.3 Å². The first-order valence-corrected chi connectivity index (χ1v) is 9.47. The lowest BCUT2D eigenvalue weighted by atomic mass is 10.3. The van der Waals surface area contributed by atoms with Gasteiger partial charge in [0, 0.05) is 16.8 Å². The summed E-state index contributed by atoms with van der Waals surface area (Å²) in [6.07, 6.45) is 0. The van der Waals surface area contributed by atoms with Crippen LogP contribution in [0.25, 0.3) is 0 Å². The lowest BCUT2D eigenvalue weighted by molar-refractivity contribution is -0.385. The van der Waals surface area contributed by atoms with Gasteiger partial charge in [0.05, 0.1) is 16.7 Å². The second-order valence-electron chi connectivity index (χ2n) is 5.79. The minimum Gasteiger partial charge on any atom is -0.477 e. The molecule has 0 saturated heterocycles. The Hall–Kier alpha value is -2.58. The van der Waals surface area contributed by atoms with Crippen molar-refractivity contribution >= 4 is 45.8 Å². The SMILES string of the molecule is C[C@H]1CSC(N(C(=O)COc2ccccc2[N+](=O)[O-])c2ccc(Cl)cc2)=N1. The van der Waals surface area contributed by atoms with Crippen molar-refractivity contribution in [3.8, 4) is 5.75 Å². The minimum atomic E-state index is -0.546. The third kappa shape index (κ3) is 4.58. The number of rotatable bonds is 5. The molecule has 27 heavy (non-hydrogen) atoms. The first kappa shape index (κ1) is 19.2. The second-order valence-corrected chi connectivity index (χ2v) is 7.21. The lowest BCUT2D eigenvalue weighted by Gasteiger charge is -2.22. The van der Waals surface area contributed by atoms with Crippen LogP contribution in [0.15, 0.2) is 53.5 Å². The Labute approximate surface area is 165 Å². The highest BCUT2D eigenvalue weighted by atomic mass is 35.5. The van der Waals surface area contributed by atoms with Crippen molar-refractivity contribution < 1.29 is 14.5 Å². The van der Waals surface area contributed by atoms with Crippen LogP contribution in [0.4, 0.5) is 11.4 Å². The number of hydrogen-bond acceptors (Lipinski definition) is 6. The van der Waals surface area contributed by atoms with Crippen LogP contribution in [0, 0.1) is 10.1 Å². The molecular weight excluding hydrogens is 390 g/mol. The number of carbonyl (C=O) groups is 1. The van der Waals surface area contributed by atoms with Gasteiger partial charge >= 0.3 is 5.69 Å². The van der Waals surface area contributed by atoms with Gasteiger partial charge in [0.25, 0.3) is 5.91 Å². The third-order valence-corrected chi connectivity index (χ3v) is 5.17. The maximum Gasteiger partial charge on any atom is 0.310 e. The van der Waals surface area contributed by atoms with Gasteiger partial charge in [-0.3, -0.25) is 24.8 Å². The van der Waals surface area contributed by atoms with E-state index >= 15 is 0 Å². The summed E-state index contributed by atoms with van der Waals surface area (Å²) in [5, 5.41) is 12.2. The van der Waals surface area contributed by atoms with Crippen LogP contribution in [0.2, 0.25) is 5.02 Å². The van der Waals surface area contributed by atoms with Crippen molar-refractivity contribution in [2.24, 2.45) is 4.99 Å². The van der Waals surface area contributed by atoms with Gasteiger partial charge in [0.2, 0.25) is 0 Å². The predicted octanol–water partition coefficient (Wildman–Crippen LogP) is 4.15. The van der Waals surface area contributed by atoms with Crippen molar-refractivity contribution in [3.63, 3.8) is 0 Å². The number of ether oxygens (including phenoxy) is 1. The molecule has 1 aliphatic heterocycles. The van der Waals surface area contributed by atoms with Crippen LogP contribution < -0.4 is 9.64 Å². The quantitative estimate of drug-likeness (QED) is 0.551. The Morgan fingerprint density at radius 1 is 1.33 bits per heavy atom. The molecule has 0 radical (unpaired) electrons. The normalized spacial score (nSPS) is 15.9. The smallest absolute Gasteiger partial charge is 0.310 e. The molecule has 7 nitrogen and oxygen atoms in total. The van der Waals surface area contributed by atoms with Crippen LogP contribution >= 0.6 is 23.4 Å². The average Bonchev–Trinajstić information content (AvgIpc) is 3.08. The van der Waals surface area contributed by atoms with E-state index in [2.05, 4.69) is 4.99 Å². The van der Waals surface area contributed by atoms with E-state index < -0.39 is 4.92 Å². The molecule has 0 fully saturated rings. The van der Waals surface area contributed by atoms with Crippen LogP contribution in [-0.4, -0.2) is 34.4 Å². The van der Waals surface area contributed by atoms with Gasteiger partial charge in [0.15, 0.2) is 17.5 Å². The molecule has 0 spiro atoms. The number of nitrogens with zero attached hydrogens (tertiary/aromatic N) is 3. The Kier molecular flexibility index (Phi) is 5.98. The van der Waals surface area contributed by atoms with Gasteiger partial charge in [-0.15, -0.1) is 0 Å². The van der Waals surface area contributed by atoms with Gasteiger partial charge in [-0.25, -0.2) is 0 Å². The maximum atomic E-state index is 12.9. The van der Waals surface area contributed by atoms with Gasteiger partial charge in [-0.1, -0.05) is 35.5 Å². The number of anilines is 1. The zero-order chi connectivity index (χ0) is 19.4. The molecule has 1 atom stereocenters. The Bertz CT molecular complexity index is 888. The zero-order valence-electron chi connectivity index (χ0n) is 14.4. The fourth-order valence-corrected chi connectivity index (χ4v) is 3.65. The summed E-state index contributed by atoms with van der Waals surface area (Å²) in [6.45, 7) is 1.61. The van der Waals surface area contributed by atoms with Gasteiger partial charge in [-0.2, -0.15) is 0 Å².